The van der Waals surface area contributed by atoms with Gasteiger partial charge in [0.15, 0.2) is 0 Å². The van der Waals surface area contributed by atoms with Gasteiger partial charge in [0.2, 0.25) is 15.9 Å². The van der Waals surface area contributed by atoms with E-state index in [-0.39, 0.29) is 18.3 Å². The number of thioether (sulfide) groups is 1. The van der Waals surface area contributed by atoms with E-state index in [0.29, 0.717) is 18.0 Å². The molecule has 0 spiro atoms. The van der Waals surface area contributed by atoms with Crippen LogP contribution < -0.4 is 10.5 Å². The Morgan fingerprint density at radius 3 is 2.55 bits per heavy atom. The van der Waals surface area contributed by atoms with Gasteiger partial charge in [-0.3, -0.25) is 9.52 Å². The number of carbonyl (C=O) groups excluding carboxylic acids is 1. The van der Waals surface area contributed by atoms with Crippen molar-refractivity contribution >= 4 is 45.8 Å². The van der Waals surface area contributed by atoms with E-state index in [0.717, 1.165) is 24.1 Å². The fraction of sp³-hybridized carbons (Fsp3) is 0.462. The summed E-state index contributed by atoms with van der Waals surface area (Å²) in [5, 5.41) is 0. The minimum absolute atomic E-state index is 0. The molecule has 1 aliphatic heterocycles. The first-order valence-corrected chi connectivity index (χ1v) is 9.58. The van der Waals surface area contributed by atoms with Crippen molar-refractivity contribution in [3.63, 3.8) is 0 Å². The van der Waals surface area contributed by atoms with Gasteiger partial charge in [0.1, 0.15) is 0 Å². The van der Waals surface area contributed by atoms with Crippen molar-refractivity contribution in [2.75, 3.05) is 29.2 Å². The molecule has 1 unspecified atom stereocenters. The lowest BCUT2D eigenvalue weighted by molar-refractivity contribution is -0.131. The number of hydrogen-bond donors (Lipinski definition) is 2. The van der Waals surface area contributed by atoms with Crippen molar-refractivity contribution in [2.24, 2.45) is 5.73 Å². The standard InChI is InChI=1S/C13H19N3O3S2.ClH/c1-21(18,19)15-11-4-2-10(3-5-11)8-12(14)13(17)16-6-7-20-9-16;/h2-5,12,15H,6-9,14H2,1H3;1H. The highest BCUT2D eigenvalue weighted by atomic mass is 35.5. The summed E-state index contributed by atoms with van der Waals surface area (Å²) >= 11 is 1.73. The van der Waals surface area contributed by atoms with Crippen LogP contribution in [-0.4, -0.2) is 49.7 Å². The van der Waals surface area contributed by atoms with Gasteiger partial charge in [0.25, 0.3) is 0 Å². The lowest BCUT2D eigenvalue weighted by Crippen LogP contribution is -2.43. The number of anilines is 1. The van der Waals surface area contributed by atoms with E-state index in [2.05, 4.69) is 4.72 Å². The maximum absolute atomic E-state index is 12.1. The summed E-state index contributed by atoms with van der Waals surface area (Å²) < 4.78 is 24.6. The van der Waals surface area contributed by atoms with Crippen LogP contribution in [0.2, 0.25) is 0 Å². The van der Waals surface area contributed by atoms with Crippen LogP contribution in [0.15, 0.2) is 24.3 Å². The summed E-state index contributed by atoms with van der Waals surface area (Å²) in [7, 11) is -3.28. The van der Waals surface area contributed by atoms with Crippen LogP contribution in [0, 0.1) is 0 Å². The van der Waals surface area contributed by atoms with Gasteiger partial charge in [-0.1, -0.05) is 12.1 Å². The van der Waals surface area contributed by atoms with Gasteiger partial charge >= 0.3 is 0 Å². The van der Waals surface area contributed by atoms with E-state index in [9.17, 15) is 13.2 Å². The third-order valence-corrected chi connectivity index (χ3v) is 4.67. The molecule has 1 amide bonds. The summed E-state index contributed by atoms with van der Waals surface area (Å²) in [6, 6.07) is 6.33. The molecular weight excluding hydrogens is 346 g/mol. The van der Waals surface area contributed by atoms with Crippen LogP contribution in [0.4, 0.5) is 5.69 Å². The zero-order valence-electron chi connectivity index (χ0n) is 12.2. The van der Waals surface area contributed by atoms with Crippen LogP contribution in [-0.2, 0) is 21.2 Å². The maximum atomic E-state index is 12.1. The molecular formula is C13H20ClN3O3S2. The Balaban J connectivity index is 0.00000242. The Bertz CT molecular complexity index is 601. The molecule has 2 rings (SSSR count). The fourth-order valence-corrected chi connectivity index (χ4v) is 3.61. The highest BCUT2D eigenvalue weighted by molar-refractivity contribution is 7.99. The van der Waals surface area contributed by atoms with E-state index in [1.165, 1.54) is 0 Å². The Morgan fingerprint density at radius 2 is 2.05 bits per heavy atom. The molecule has 22 heavy (non-hydrogen) atoms. The molecule has 0 aromatic heterocycles. The molecule has 3 N–H and O–H groups in total. The number of nitrogens with two attached hydrogens (primary N) is 1. The summed E-state index contributed by atoms with van der Waals surface area (Å²) in [6.45, 7) is 0.758. The zero-order chi connectivity index (χ0) is 15.5. The van der Waals surface area contributed by atoms with E-state index >= 15 is 0 Å². The van der Waals surface area contributed by atoms with Crippen molar-refractivity contribution in [1.29, 1.82) is 0 Å². The second kappa shape index (κ2) is 8.05. The van der Waals surface area contributed by atoms with Gasteiger partial charge < -0.3 is 10.6 Å². The van der Waals surface area contributed by atoms with E-state index in [1.807, 2.05) is 0 Å². The summed E-state index contributed by atoms with van der Waals surface area (Å²) in [5.41, 5.74) is 7.36. The van der Waals surface area contributed by atoms with Gasteiger partial charge in [0, 0.05) is 18.0 Å². The van der Waals surface area contributed by atoms with Crippen LogP contribution in [0.1, 0.15) is 5.56 Å². The summed E-state index contributed by atoms with van der Waals surface area (Å²) in [6.07, 6.45) is 1.54. The number of sulfonamides is 1. The molecule has 9 heteroatoms. The largest absolute Gasteiger partial charge is 0.331 e. The van der Waals surface area contributed by atoms with Crippen molar-refractivity contribution in [2.45, 2.75) is 12.5 Å². The summed E-state index contributed by atoms with van der Waals surface area (Å²) in [4.78, 5) is 13.9. The first-order chi connectivity index (χ1) is 9.85. The lowest BCUT2D eigenvalue weighted by Gasteiger charge is -2.19. The second-order valence-electron chi connectivity index (χ2n) is 5.02. The maximum Gasteiger partial charge on any atom is 0.240 e. The van der Waals surface area contributed by atoms with Gasteiger partial charge in [-0.05, 0) is 24.1 Å². The molecule has 0 radical (unpaired) electrons. The minimum atomic E-state index is -3.28. The Kier molecular flexibility index (Phi) is 6.98. The van der Waals surface area contributed by atoms with Gasteiger partial charge in [-0.2, -0.15) is 0 Å². The molecule has 1 fully saturated rings. The van der Waals surface area contributed by atoms with Crippen molar-refractivity contribution < 1.29 is 13.2 Å². The number of benzene rings is 1. The normalized spacial score (nSPS) is 16.0. The number of amides is 1. The van der Waals surface area contributed by atoms with Gasteiger partial charge in [0.05, 0.1) is 18.2 Å². The first-order valence-electron chi connectivity index (χ1n) is 6.54. The average Bonchev–Trinajstić information content (AvgIpc) is 2.92. The topological polar surface area (TPSA) is 92.5 Å². The monoisotopic (exact) mass is 365 g/mol. The zero-order valence-corrected chi connectivity index (χ0v) is 14.6. The van der Waals surface area contributed by atoms with Crippen molar-refractivity contribution in [3.8, 4) is 0 Å². The van der Waals surface area contributed by atoms with Crippen LogP contribution in [0.25, 0.3) is 0 Å². The number of rotatable bonds is 5. The number of nitrogens with zero attached hydrogens (tertiary/aromatic N) is 1. The van der Waals surface area contributed by atoms with Gasteiger partial charge in [-0.25, -0.2) is 8.42 Å². The molecule has 1 aromatic rings. The predicted molar refractivity (Wildman–Crippen MR) is 92.9 cm³/mol. The molecule has 1 atom stereocenters. The molecule has 0 aliphatic carbocycles. The first kappa shape index (κ1) is 19.1. The minimum Gasteiger partial charge on any atom is -0.331 e. The highest BCUT2D eigenvalue weighted by Gasteiger charge is 2.23. The smallest absolute Gasteiger partial charge is 0.240 e. The summed E-state index contributed by atoms with van der Waals surface area (Å²) in [5.74, 6) is 1.65. The Labute approximate surface area is 141 Å². The second-order valence-corrected chi connectivity index (χ2v) is 7.84. The quantitative estimate of drug-likeness (QED) is 0.808. The van der Waals surface area contributed by atoms with Crippen LogP contribution in [0.5, 0.6) is 0 Å². The van der Waals surface area contributed by atoms with Gasteiger partial charge in [-0.15, -0.1) is 24.2 Å². The van der Waals surface area contributed by atoms with Crippen LogP contribution >= 0.6 is 24.2 Å². The molecule has 1 heterocycles. The highest BCUT2D eigenvalue weighted by Crippen LogP contribution is 2.16. The predicted octanol–water partition coefficient (Wildman–Crippen LogP) is 0.883. The Hall–Kier alpha value is -0.960. The molecule has 124 valence electrons. The number of halogens is 1. The molecule has 0 saturated carbocycles. The van der Waals surface area contributed by atoms with E-state index in [4.69, 9.17) is 5.73 Å². The number of nitrogens with one attached hydrogen (secondary N) is 1. The van der Waals surface area contributed by atoms with Crippen molar-refractivity contribution in [1.82, 2.24) is 4.90 Å². The molecule has 1 aromatic carbocycles. The molecule has 0 bridgehead atoms. The third kappa shape index (κ3) is 5.68. The van der Waals surface area contributed by atoms with E-state index < -0.39 is 16.1 Å². The Morgan fingerprint density at radius 1 is 1.41 bits per heavy atom. The number of carbonyl (C=O) groups is 1. The molecule has 1 saturated heterocycles. The van der Waals surface area contributed by atoms with Crippen molar-refractivity contribution in [3.05, 3.63) is 29.8 Å². The molecule has 1 aliphatic rings. The molecule has 6 nitrogen and oxygen atoms in total. The lowest BCUT2D eigenvalue weighted by atomic mass is 10.1. The van der Waals surface area contributed by atoms with E-state index in [1.54, 1.807) is 40.9 Å². The third-order valence-electron chi connectivity index (χ3n) is 3.09. The fourth-order valence-electron chi connectivity index (χ4n) is 2.09. The number of hydrogen-bond acceptors (Lipinski definition) is 5. The average molecular weight is 366 g/mol. The van der Waals surface area contributed by atoms with Crippen LogP contribution in [0.3, 0.4) is 0 Å². The SMILES string of the molecule is CS(=O)(=O)Nc1ccc(CC(N)C(=O)N2CCSC2)cc1.Cl.